The van der Waals surface area contributed by atoms with Crippen LogP contribution in [0.5, 0.6) is 0 Å². The van der Waals surface area contributed by atoms with Gasteiger partial charge in [0, 0.05) is 25.0 Å². The number of rotatable bonds is 9. The summed E-state index contributed by atoms with van der Waals surface area (Å²) < 4.78 is 5.35. The van der Waals surface area contributed by atoms with Gasteiger partial charge in [0.1, 0.15) is 0 Å². The molecule has 1 aromatic rings. The topological polar surface area (TPSA) is 78.5 Å². The molecule has 1 atom stereocenters. The molecule has 7 nitrogen and oxygen atoms in total. The number of hydrogen-bond acceptors (Lipinski definition) is 6. The van der Waals surface area contributed by atoms with E-state index in [1.165, 1.54) is 19.3 Å². The Morgan fingerprint density at radius 3 is 2.85 bits per heavy atom. The van der Waals surface area contributed by atoms with Gasteiger partial charge in [-0.2, -0.15) is 0 Å². The molecule has 3 N–H and O–H groups in total. The van der Waals surface area contributed by atoms with E-state index >= 15 is 0 Å². The molecule has 27 heavy (non-hydrogen) atoms. The van der Waals surface area contributed by atoms with Crippen LogP contribution in [0.2, 0.25) is 0 Å². The van der Waals surface area contributed by atoms with Gasteiger partial charge in [-0.05, 0) is 24.6 Å². The third-order valence-corrected chi connectivity index (χ3v) is 5.77. The summed E-state index contributed by atoms with van der Waals surface area (Å²) in [5.41, 5.74) is 6.19. The molecule has 1 fully saturated rings. The van der Waals surface area contributed by atoms with Crippen LogP contribution in [0.15, 0.2) is 5.38 Å². The van der Waals surface area contributed by atoms with Gasteiger partial charge in [-0.15, -0.1) is 11.3 Å². The van der Waals surface area contributed by atoms with Gasteiger partial charge in [-0.1, -0.05) is 33.1 Å². The number of amides is 1. The highest BCUT2D eigenvalue weighted by atomic mass is 32.1. The molecular weight excluding hydrogens is 382 g/mol. The Balaban J connectivity index is 1.66. The monoisotopic (exact) mass is 413 g/mol. The van der Waals surface area contributed by atoms with Crippen LogP contribution in [-0.4, -0.2) is 48.9 Å². The second-order valence-corrected chi connectivity index (χ2v) is 7.94. The molecule has 152 valence electrons. The van der Waals surface area contributed by atoms with E-state index in [0.29, 0.717) is 11.0 Å². The number of thiazole rings is 1. The summed E-state index contributed by atoms with van der Waals surface area (Å²) >= 11 is 6.80. The Labute approximate surface area is 171 Å². The smallest absolute Gasteiger partial charge is 0.244 e. The third-order valence-electron chi connectivity index (χ3n) is 4.57. The first-order valence-electron chi connectivity index (χ1n) is 9.72. The van der Waals surface area contributed by atoms with Crippen LogP contribution in [0.4, 0.5) is 5.13 Å². The number of thiocarbonyl (C=S) groups is 1. The summed E-state index contributed by atoms with van der Waals surface area (Å²) in [5.74, 6) is 0.449. The summed E-state index contributed by atoms with van der Waals surface area (Å²) in [6.45, 7) is 8.36. The molecule has 2 rings (SSSR count). The van der Waals surface area contributed by atoms with E-state index in [1.54, 1.807) is 11.3 Å². The van der Waals surface area contributed by atoms with Crippen molar-refractivity contribution in [1.82, 2.24) is 21.2 Å². The number of unbranched alkanes of at least 4 members (excludes halogenated alkanes) is 1. The zero-order valence-electron chi connectivity index (χ0n) is 16.3. The minimum atomic E-state index is -0.156. The lowest BCUT2D eigenvalue weighted by molar-refractivity contribution is -0.121. The molecular formula is C18H31N5O2S2. The predicted molar refractivity (Wildman–Crippen MR) is 114 cm³/mol. The zero-order chi connectivity index (χ0) is 19.5. The van der Waals surface area contributed by atoms with Crippen molar-refractivity contribution in [2.45, 2.75) is 46.0 Å². The van der Waals surface area contributed by atoms with Crippen molar-refractivity contribution in [2.75, 3.05) is 37.7 Å². The van der Waals surface area contributed by atoms with E-state index in [1.807, 2.05) is 5.38 Å². The average molecular weight is 414 g/mol. The van der Waals surface area contributed by atoms with E-state index in [2.05, 4.69) is 39.9 Å². The number of carbonyl (C=O) groups is 1. The number of ether oxygens (including phenoxy) is 1. The van der Waals surface area contributed by atoms with Crippen LogP contribution < -0.4 is 21.1 Å². The van der Waals surface area contributed by atoms with Crippen molar-refractivity contribution in [2.24, 2.45) is 5.92 Å². The molecule has 0 aromatic carbocycles. The van der Waals surface area contributed by atoms with Gasteiger partial charge in [-0.25, -0.2) is 4.98 Å². The summed E-state index contributed by atoms with van der Waals surface area (Å²) in [4.78, 5) is 18.9. The fraction of sp³-hybridized carbons (Fsp3) is 0.722. The van der Waals surface area contributed by atoms with Crippen LogP contribution in [-0.2, 0) is 16.0 Å². The Morgan fingerprint density at radius 2 is 2.15 bits per heavy atom. The van der Waals surface area contributed by atoms with Crippen molar-refractivity contribution >= 4 is 39.7 Å². The lowest BCUT2D eigenvalue weighted by Crippen LogP contribution is -2.48. The van der Waals surface area contributed by atoms with Gasteiger partial charge in [-0.3, -0.25) is 15.6 Å². The van der Waals surface area contributed by atoms with Gasteiger partial charge in [0.05, 0.1) is 25.3 Å². The van der Waals surface area contributed by atoms with Crippen molar-refractivity contribution in [3.8, 4) is 0 Å². The summed E-state index contributed by atoms with van der Waals surface area (Å²) in [7, 11) is 0. The number of aromatic nitrogens is 1. The first-order valence-corrected chi connectivity index (χ1v) is 11.0. The maximum atomic E-state index is 12.1. The molecule has 2 heterocycles. The van der Waals surface area contributed by atoms with E-state index in [9.17, 15) is 4.79 Å². The van der Waals surface area contributed by atoms with Crippen molar-refractivity contribution in [3.05, 3.63) is 11.1 Å². The highest BCUT2D eigenvalue weighted by Crippen LogP contribution is 2.21. The van der Waals surface area contributed by atoms with Gasteiger partial charge in [0.15, 0.2) is 10.2 Å². The molecule has 0 saturated carbocycles. The molecule has 1 saturated heterocycles. The summed E-state index contributed by atoms with van der Waals surface area (Å²) in [6.07, 6.45) is 4.99. The number of morpholine rings is 1. The SMILES string of the molecule is CCCC[C@H](CC)CNC(=S)NNC(=O)Cc1csc(N2CCOCC2)n1. The fourth-order valence-corrected chi connectivity index (χ4v) is 3.85. The van der Waals surface area contributed by atoms with E-state index in [-0.39, 0.29) is 12.3 Å². The lowest BCUT2D eigenvalue weighted by Gasteiger charge is -2.26. The number of anilines is 1. The largest absolute Gasteiger partial charge is 0.378 e. The Hall–Kier alpha value is -1.45. The number of nitrogens with one attached hydrogen (secondary N) is 3. The molecule has 0 spiro atoms. The van der Waals surface area contributed by atoms with E-state index in [4.69, 9.17) is 17.0 Å². The third kappa shape index (κ3) is 7.98. The minimum Gasteiger partial charge on any atom is -0.378 e. The average Bonchev–Trinajstić information content (AvgIpc) is 3.15. The quantitative estimate of drug-likeness (QED) is 0.423. The molecule has 0 aliphatic carbocycles. The van der Waals surface area contributed by atoms with Gasteiger partial charge in [0.2, 0.25) is 5.91 Å². The molecule has 1 amide bonds. The Morgan fingerprint density at radius 1 is 1.37 bits per heavy atom. The van der Waals surface area contributed by atoms with Crippen LogP contribution in [0.3, 0.4) is 0 Å². The highest BCUT2D eigenvalue weighted by molar-refractivity contribution is 7.80. The standard InChI is InChI=1S/C18H31N5O2S2/c1-3-5-6-14(4-2)12-19-17(26)22-21-16(24)11-15-13-27-18(20-15)23-7-9-25-10-8-23/h13-14H,3-12H2,1-2H3,(H,21,24)(H2,19,22,26)/t14-/m0/s1. The first kappa shape index (κ1) is 21.8. The molecule has 1 aromatic heterocycles. The van der Waals surface area contributed by atoms with Crippen molar-refractivity contribution in [1.29, 1.82) is 0 Å². The Bertz CT molecular complexity index is 590. The van der Waals surface area contributed by atoms with E-state index in [0.717, 1.165) is 50.1 Å². The predicted octanol–water partition coefficient (Wildman–Crippen LogP) is 2.23. The molecule has 9 heteroatoms. The van der Waals surface area contributed by atoms with Crippen LogP contribution >= 0.6 is 23.6 Å². The van der Waals surface area contributed by atoms with Gasteiger partial charge < -0.3 is 15.0 Å². The van der Waals surface area contributed by atoms with Gasteiger partial charge in [0.25, 0.3) is 0 Å². The number of hydrazine groups is 1. The fourth-order valence-electron chi connectivity index (χ4n) is 2.84. The second kappa shape index (κ2) is 12.1. The number of carbonyl (C=O) groups excluding carboxylic acids is 1. The lowest BCUT2D eigenvalue weighted by atomic mass is 9.99. The molecule has 0 radical (unpaired) electrons. The maximum Gasteiger partial charge on any atom is 0.244 e. The Kier molecular flexibility index (Phi) is 9.79. The summed E-state index contributed by atoms with van der Waals surface area (Å²) in [5, 5.41) is 6.51. The number of nitrogens with zero attached hydrogens (tertiary/aromatic N) is 2. The number of hydrogen-bond donors (Lipinski definition) is 3. The maximum absolute atomic E-state index is 12.1. The highest BCUT2D eigenvalue weighted by Gasteiger charge is 2.16. The van der Waals surface area contributed by atoms with Crippen LogP contribution in [0.1, 0.15) is 45.2 Å². The van der Waals surface area contributed by atoms with Crippen LogP contribution in [0, 0.1) is 5.92 Å². The second-order valence-electron chi connectivity index (χ2n) is 6.70. The first-order chi connectivity index (χ1) is 13.1. The normalized spacial score (nSPS) is 15.3. The van der Waals surface area contributed by atoms with Gasteiger partial charge >= 0.3 is 0 Å². The van der Waals surface area contributed by atoms with Crippen molar-refractivity contribution < 1.29 is 9.53 Å². The van der Waals surface area contributed by atoms with Crippen molar-refractivity contribution in [3.63, 3.8) is 0 Å². The molecule has 0 unspecified atom stereocenters. The van der Waals surface area contributed by atoms with Crippen LogP contribution in [0.25, 0.3) is 0 Å². The molecule has 1 aliphatic rings. The zero-order valence-corrected chi connectivity index (χ0v) is 17.9. The van der Waals surface area contributed by atoms with E-state index < -0.39 is 0 Å². The summed E-state index contributed by atoms with van der Waals surface area (Å²) in [6, 6.07) is 0. The molecule has 0 bridgehead atoms. The molecule has 1 aliphatic heterocycles. The minimum absolute atomic E-state index is 0.156.